The Kier molecular flexibility index (Phi) is 5.55. The maximum atomic E-state index is 12.8. The van der Waals surface area contributed by atoms with Crippen LogP contribution in [0, 0.1) is 0 Å². The second-order valence-corrected chi connectivity index (χ2v) is 3.86. The highest BCUT2D eigenvalue weighted by molar-refractivity contribution is 5.19. The van der Waals surface area contributed by atoms with E-state index in [0.29, 0.717) is 5.56 Å². The molecule has 0 aliphatic carbocycles. The van der Waals surface area contributed by atoms with E-state index in [0.717, 1.165) is 0 Å². The van der Waals surface area contributed by atoms with E-state index in [1.54, 1.807) is 30.3 Å². The second kappa shape index (κ2) is 6.70. The minimum Gasteiger partial charge on any atom is -0.383 e. The molecule has 0 saturated heterocycles. The van der Waals surface area contributed by atoms with Gasteiger partial charge in [0.25, 0.3) is 0 Å². The molecule has 6 heteroatoms. The fourth-order valence-electron chi connectivity index (χ4n) is 1.46. The van der Waals surface area contributed by atoms with Crippen molar-refractivity contribution in [2.45, 2.75) is 18.4 Å². The minimum absolute atomic E-state index is 0.128. The van der Waals surface area contributed by atoms with Gasteiger partial charge >= 0.3 is 12.3 Å². The molecule has 0 aromatic heterocycles. The van der Waals surface area contributed by atoms with Crippen LogP contribution in [0.3, 0.4) is 0 Å². The standard InChI is InChI=1S/C12H15F4NO/c1-18-7-10(9-5-3-2-4-6-9)17-8-12(15,16)11(13)14/h2-6,10-11,17H,7-8H2,1H3. The van der Waals surface area contributed by atoms with Gasteiger partial charge in [-0.3, -0.25) is 0 Å². The third-order valence-corrected chi connectivity index (χ3v) is 2.44. The maximum absolute atomic E-state index is 12.8. The van der Waals surface area contributed by atoms with Gasteiger partial charge in [0.05, 0.1) is 19.2 Å². The first-order valence-corrected chi connectivity index (χ1v) is 5.40. The highest BCUT2D eigenvalue weighted by Crippen LogP contribution is 2.23. The van der Waals surface area contributed by atoms with Crippen LogP contribution in [0.5, 0.6) is 0 Å². The minimum atomic E-state index is -4.04. The lowest BCUT2D eigenvalue weighted by Crippen LogP contribution is -2.41. The van der Waals surface area contributed by atoms with Gasteiger partial charge in [0, 0.05) is 7.11 Å². The summed E-state index contributed by atoms with van der Waals surface area (Å²) in [6.45, 7) is -0.961. The quantitative estimate of drug-likeness (QED) is 0.765. The summed E-state index contributed by atoms with van der Waals surface area (Å²) in [6.07, 6.45) is -3.68. The highest BCUT2D eigenvalue weighted by atomic mass is 19.3. The van der Waals surface area contributed by atoms with Crippen molar-refractivity contribution < 1.29 is 22.3 Å². The molecule has 0 bridgehead atoms. The van der Waals surface area contributed by atoms with Crippen molar-refractivity contribution in [3.8, 4) is 0 Å². The van der Waals surface area contributed by atoms with E-state index < -0.39 is 24.9 Å². The molecule has 1 atom stereocenters. The Bertz CT molecular complexity index is 345. The molecule has 1 rings (SSSR count). The molecule has 1 aromatic rings. The second-order valence-electron chi connectivity index (χ2n) is 3.86. The first kappa shape index (κ1) is 14.9. The fourth-order valence-corrected chi connectivity index (χ4v) is 1.46. The maximum Gasteiger partial charge on any atom is 0.319 e. The van der Waals surface area contributed by atoms with Crippen molar-refractivity contribution in [1.29, 1.82) is 0 Å². The van der Waals surface area contributed by atoms with Crippen LogP contribution in [0.25, 0.3) is 0 Å². The number of alkyl halides is 4. The van der Waals surface area contributed by atoms with Gasteiger partial charge < -0.3 is 10.1 Å². The molecular weight excluding hydrogens is 250 g/mol. The van der Waals surface area contributed by atoms with Crippen molar-refractivity contribution in [2.75, 3.05) is 20.3 Å². The van der Waals surface area contributed by atoms with Crippen molar-refractivity contribution in [1.82, 2.24) is 5.32 Å². The van der Waals surface area contributed by atoms with Gasteiger partial charge in [-0.1, -0.05) is 30.3 Å². The van der Waals surface area contributed by atoms with Crippen LogP contribution in [-0.2, 0) is 4.74 Å². The van der Waals surface area contributed by atoms with Gasteiger partial charge in [-0.05, 0) is 5.56 Å². The van der Waals surface area contributed by atoms with Crippen LogP contribution in [0.2, 0.25) is 0 Å². The molecule has 1 N–H and O–H groups in total. The summed E-state index contributed by atoms with van der Waals surface area (Å²) in [5.74, 6) is -4.04. The Labute approximate surface area is 103 Å². The summed E-state index contributed by atoms with van der Waals surface area (Å²) in [6, 6.07) is 8.16. The molecule has 0 aliphatic heterocycles. The zero-order chi connectivity index (χ0) is 13.6. The van der Waals surface area contributed by atoms with E-state index in [1.807, 2.05) is 0 Å². The number of halogens is 4. The predicted octanol–water partition coefficient (Wildman–Crippen LogP) is 2.86. The van der Waals surface area contributed by atoms with E-state index in [9.17, 15) is 17.6 Å². The molecule has 0 fully saturated rings. The Morgan fingerprint density at radius 3 is 2.33 bits per heavy atom. The first-order valence-electron chi connectivity index (χ1n) is 5.40. The molecule has 2 nitrogen and oxygen atoms in total. The summed E-state index contributed by atoms with van der Waals surface area (Å²) >= 11 is 0. The Morgan fingerprint density at radius 1 is 1.22 bits per heavy atom. The molecular formula is C12H15F4NO. The van der Waals surface area contributed by atoms with E-state index in [2.05, 4.69) is 5.32 Å². The topological polar surface area (TPSA) is 21.3 Å². The van der Waals surface area contributed by atoms with E-state index in [4.69, 9.17) is 4.74 Å². The lowest BCUT2D eigenvalue weighted by molar-refractivity contribution is -0.126. The summed E-state index contributed by atoms with van der Waals surface area (Å²) in [5, 5.41) is 2.40. The van der Waals surface area contributed by atoms with Crippen molar-refractivity contribution in [3.05, 3.63) is 35.9 Å². The molecule has 0 saturated carbocycles. The number of methoxy groups -OCH3 is 1. The summed E-state index contributed by atoms with van der Waals surface area (Å²) < 4.78 is 54.6. The predicted molar refractivity (Wildman–Crippen MR) is 60.0 cm³/mol. The lowest BCUT2D eigenvalue weighted by atomic mass is 10.1. The fraction of sp³-hybridized carbons (Fsp3) is 0.500. The van der Waals surface area contributed by atoms with Gasteiger partial charge in [0.2, 0.25) is 0 Å². The lowest BCUT2D eigenvalue weighted by Gasteiger charge is -2.22. The number of ether oxygens (including phenoxy) is 1. The van der Waals surface area contributed by atoms with Gasteiger partial charge in [-0.15, -0.1) is 0 Å². The molecule has 0 spiro atoms. The van der Waals surface area contributed by atoms with Crippen molar-refractivity contribution in [3.63, 3.8) is 0 Å². The van der Waals surface area contributed by atoms with Crippen LogP contribution in [0.1, 0.15) is 11.6 Å². The van der Waals surface area contributed by atoms with Crippen molar-refractivity contribution in [2.24, 2.45) is 0 Å². The van der Waals surface area contributed by atoms with Crippen LogP contribution >= 0.6 is 0 Å². The molecule has 18 heavy (non-hydrogen) atoms. The molecule has 0 aliphatic rings. The average Bonchev–Trinajstić information content (AvgIpc) is 2.35. The zero-order valence-corrected chi connectivity index (χ0v) is 9.88. The Morgan fingerprint density at radius 2 is 1.83 bits per heavy atom. The monoisotopic (exact) mass is 265 g/mol. The number of hydrogen-bond donors (Lipinski definition) is 1. The molecule has 1 unspecified atom stereocenters. The number of nitrogens with one attached hydrogen (secondary N) is 1. The Balaban J connectivity index is 2.65. The third-order valence-electron chi connectivity index (χ3n) is 2.44. The van der Waals surface area contributed by atoms with Crippen molar-refractivity contribution >= 4 is 0 Å². The number of rotatable bonds is 7. The van der Waals surface area contributed by atoms with Gasteiger partial charge in [-0.25, -0.2) is 8.78 Å². The number of benzene rings is 1. The van der Waals surface area contributed by atoms with E-state index in [1.165, 1.54) is 7.11 Å². The first-order chi connectivity index (χ1) is 8.47. The van der Waals surface area contributed by atoms with Crippen LogP contribution in [-0.4, -0.2) is 32.6 Å². The SMILES string of the molecule is COCC(NCC(F)(F)C(F)F)c1ccccc1. The van der Waals surface area contributed by atoms with Crippen LogP contribution < -0.4 is 5.32 Å². The normalized spacial score (nSPS) is 13.9. The molecule has 0 heterocycles. The van der Waals surface area contributed by atoms with Gasteiger partial charge in [0.15, 0.2) is 0 Å². The molecule has 1 aromatic carbocycles. The molecule has 102 valence electrons. The van der Waals surface area contributed by atoms with E-state index in [-0.39, 0.29) is 6.61 Å². The van der Waals surface area contributed by atoms with Gasteiger partial charge in [0.1, 0.15) is 0 Å². The average molecular weight is 265 g/mol. The largest absolute Gasteiger partial charge is 0.383 e. The van der Waals surface area contributed by atoms with Gasteiger partial charge in [-0.2, -0.15) is 8.78 Å². The summed E-state index contributed by atoms with van der Waals surface area (Å²) in [7, 11) is 1.42. The van der Waals surface area contributed by atoms with Crippen LogP contribution in [0.15, 0.2) is 30.3 Å². The summed E-state index contributed by atoms with van der Waals surface area (Å²) in [4.78, 5) is 0. The van der Waals surface area contributed by atoms with Crippen LogP contribution in [0.4, 0.5) is 17.6 Å². The molecule has 0 radical (unpaired) electrons. The zero-order valence-electron chi connectivity index (χ0n) is 9.88. The summed E-state index contributed by atoms with van der Waals surface area (Å²) in [5.41, 5.74) is 0.712. The molecule has 0 amide bonds. The number of hydrogen-bond acceptors (Lipinski definition) is 2. The third kappa shape index (κ3) is 4.27. The Hall–Kier alpha value is -1.14. The highest BCUT2D eigenvalue weighted by Gasteiger charge is 2.40. The smallest absolute Gasteiger partial charge is 0.319 e. The van der Waals surface area contributed by atoms with E-state index >= 15 is 0 Å².